The third-order valence-corrected chi connectivity index (χ3v) is 2.77. The third-order valence-electron chi connectivity index (χ3n) is 2.77. The Labute approximate surface area is 92.9 Å². The molecule has 0 aliphatic rings. The summed E-state index contributed by atoms with van der Waals surface area (Å²) in [4.78, 5) is 4.37. The Balaban J connectivity index is 2.69. The zero-order chi connectivity index (χ0) is 11.3. The fraction of sp³-hybridized carbons (Fsp3) is 0.750. The summed E-state index contributed by atoms with van der Waals surface area (Å²) in [7, 11) is 1.97. The molecule has 0 fully saturated rings. The molecule has 0 spiro atoms. The lowest BCUT2D eigenvalue weighted by Gasteiger charge is -2.15. The minimum Gasteiger partial charge on any atom is -0.331 e. The second-order valence-electron chi connectivity index (χ2n) is 4.33. The summed E-state index contributed by atoms with van der Waals surface area (Å²) >= 11 is 0. The van der Waals surface area contributed by atoms with Gasteiger partial charge in [-0.25, -0.2) is 4.98 Å². The maximum absolute atomic E-state index is 4.37. The van der Waals surface area contributed by atoms with Gasteiger partial charge >= 0.3 is 0 Å². The number of aromatic nitrogens is 2. The Morgan fingerprint density at radius 3 is 2.87 bits per heavy atom. The first kappa shape index (κ1) is 12.2. The van der Waals surface area contributed by atoms with Gasteiger partial charge in [-0.3, -0.25) is 0 Å². The van der Waals surface area contributed by atoms with Crippen molar-refractivity contribution in [2.45, 2.75) is 46.7 Å². The monoisotopic (exact) mass is 209 g/mol. The standard InChI is InChI=1S/C12H23N3/c1-5-6-10(2)9-15-11(3)14-8-12(15)7-13-4/h8,10,13H,5-7,9H2,1-4H3. The molecular formula is C12H23N3. The highest BCUT2D eigenvalue weighted by Gasteiger charge is 2.09. The Bertz CT molecular complexity index is 291. The summed E-state index contributed by atoms with van der Waals surface area (Å²) in [6, 6.07) is 0. The normalized spacial score (nSPS) is 13.1. The van der Waals surface area contributed by atoms with E-state index in [1.807, 2.05) is 13.2 Å². The summed E-state index contributed by atoms with van der Waals surface area (Å²) < 4.78 is 2.33. The minimum absolute atomic E-state index is 0.735. The smallest absolute Gasteiger partial charge is 0.105 e. The fourth-order valence-corrected chi connectivity index (χ4v) is 1.98. The van der Waals surface area contributed by atoms with Gasteiger partial charge in [0.15, 0.2) is 0 Å². The average molecular weight is 209 g/mol. The predicted octanol–water partition coefficient (Wildman–Crippen LogP) is 2.35. The van der Waals surface area contributed by atoms with Crippen LogP contribution in [0.25, 0.3) is 0 Å². The Hall–Kier alpha value is -0.830. The fourth-order valence-electron chi connectivity index (χ4n) is 1.98. The Morgan fingerprint density at radius 1 is 1.53 bits per heavy atom. The molecule has 0 aromatic carbocycles. The molecule has 0 aliphatic heterocycles. The van der Waals surface area contributed by atoms with Crippen LogP contribution in [0, 0.1) is 12.8 Å². The largest absolute Gasteiger partial charge is 0.331 e. The topological polar surface area (TPSA) is 29.9 Å². The molecule has 1 aromatic heterocycles. The first-order chi connectivity index (χ1) is 7.19. The summed E-state index contributed by atoms with van der Waals surface area (Å²) in [5.74, 6) is 1.86. The van der Waals surface area contributed by atoms with Crippen LogP contribution < -0.4 is 5.32 Å². The number of hydrogen-bond donors (Lipinski definition) is 1. The molecule has 1 rings (SSSR count). The van der Waals surface area contributed by atoms with Crippen LogP contribution in [-0.2, 0) is 13.1 Å². The van der Waals surface area contributed by atoms with Gasteiger partial charge in [-0.1, -0.05) is 20.3 Å². The number of imidazole rings is 1. The molecule has 0 aliphatic carbocycles. The van der Waals surface area contributed by atoms with Crippen LogP contribution in [0.4, 0.5) is 0 Å². The van der Waals surface area contributed by atoms with Crippen LogP contribution in [0.2, 0.25) is 0 Å². The van der Waals surface area contributed by atoms with E-state index >= 15 is 0 Å². The van der Waals surface area contributed by atoms with Gasteiger partial charge in [-0.2, -0.15) is 0 Å². The van der Waals surface area contributed by atoms with Crippen LogP contribution in [0.5, 0.6) is 0 Å². The lowest BCUT2D eigenvalue weighted by atomic mass is 10.1. The molecule has 0 bridgehead atoms. The quantitative estimate of drug-likeness (QED) is 0.779. The number of rotatable bonds is 6. The molecule has 86 valence electrons. The van der Waals surface area contributed by atoms with Gasteiger partial charge in [0, 0.05) is 19.3 Å². The molecule has 15 heavy (non-hydrogen) atoms. The molecule has 3 nitrogen and oxygen atoms in total. The molecule has 1 atom stereocenters. The van der Waals surface area contributed by atoms with Crippen molar-refractivity contribution in [2.24, 2.45) is 5.92 Å². The highest BCUT2D eigenvalue weighted by molar-refractivity contribution is 5.04. The van der Waals surface area contributed by atoms with Crippen molar-refractivity contribution in [1.29, 1.82) is 0 Å². The summed E-state index contributed by atoms with van der Waals surface area (Å²) in [6.07, 6.45) is 4.53. The van der Waals surface area contributed by atoms with Gasteiger partial charge in [-0.15, -0.1) is 0 Å². The summed E-state index contributed by atoms with van der Waals surface area (Å²) in [5, 5.41) is 3.18. The van der Waals surface area contributed by atoms with E-state index < -0.39 is 0 Å². The van der Waals surface area contributed by atoms with E-state index in [-0.39, 0.29) is 0 Å². The van der Waals surface area contributed by atoms with E-state index in [0.29, 0.717) is 0 Å². The minimum atomic E-state index is 0.735. The first-order valence-electron chi connectivity index (χ1n) is 5.84. The lowest BCUT2D eigenvalue weighted by molar-refractivity contribution is 0.430. The number of nitrogens with one attached hydrogen (secondary N) is 1. The number of aryl methyl sites for hydroxylation is 1. The van der Waals surface area contributed by atoms with Gasteiger partial charge < -0.3 is 9.88 Å². The molecule has 1 unspecified atom stereocenters. The van der Waals surface area contributed by atoms with Gasteiger partial charge in [0.1, 0.15) is 5.82 Å². The third kappa shape index (κ3) is 3.34. The second-order valence-corrected chi connectivity index (χ2v) is 4.33. The van der Waals surface area contributed by atoms with Crippen molar-refractivity contribution in [3.63, 3.8) is 0 Å². The molecule has 0 saturated heterocycles. The molecular weight excluding hydrogens is 186 g/mol. The lowest BCUT2D eigenvalue weighted by Crippen LogP contribution is -2.15. The van der Waals surface area contributed by atoms with Crippen molar-refractivity contribution in [2.75, 3.05) is 7.05 Å². The number of nitrogens with zero attached hydrogens (tertiary/aromatic N) is 2. The van der Waals surface area contributed by atoms with Gasteiger partial charge in [0.05, 0.1) is 5.69 Å². The zero-order valence-corrected chi connectivity index (χ0v) is 10.4. The van der Waals surface area contributed by atoms with Crippen molar-refractivity contribution in [1.82, 2.24) is 14.9 Å². The van der Waals surface area contributed by atoms with E-state index in [4.69, 9.17) is 0 Å². The zero-order valence-electron chi connectivity index (χ0n) is 10.4. The Kier molecular flexibility index (Phi) is 4.82. The van der Waals surface area contributed by atoms with Crippen molar-refractivity contribution in [3.05, 3.63) is 17.7 Å². The highest BCUT2D eigenvalue weighted by Crippen LogP contribution is 2.12. The molecule has 0 radical (unpaired) electrons. The summed E-state index contributed by atoms with van der Waals surface area (Å²) in [6.45, 7) is 8.63. The predicted molar refractivity (Wildman–Crippen MR) is 63.8 cm³/mol. The van der Waals surface area contributed by atoms with E-state index in [9.17, 15) is 0 Å². The summed E-state index contributed by atoms with van der Waals surface area (Å²) in [5.41, 5.74) is 1.29. The van der Waals surface area contributed by atoms with Crippen molar-refractivity contribution < 1.29 is 0 Å². The molecule has 1 N–H and O–H groups in total. The SMILES string of the molecule is CCCC(C)Cn1c(CNC)cnc1C. The van der Waals surface area contributed by atoms with Crippen molar-refractivity contribution in [3.8, 4) is 0 Å². The van der Waals surface area contributed by atoms with Crippen LogP contribution in [0.1, 0.15) is 38.2 Å². The van der Waals surface area contributed by atoms with Crippen LogP contribution >= 0.6 is 0 Å². The molecule has 1 heterocycles. The van der Waals surface area contributed by atoms with Crippen molar-refractivity contribution >= 4 is 0 Å². The van der Waals surface area contributed by atoms with E-state index in [1.54, 1.807) is 0 Å². The van der Waals surface area contributed by atoms with Gasteiger partial charge in [-0.05, 0) is 26.3 Å². The number of hydrogen-bond acceptors (Lipinski definition) is 2. The molecule has 0 saturated carbocycles. The second kappa shape index (κ2) is 5.91. The van der Waals surface area contributed by atoms with Crippen LogP contribution in [-0.4, -0.2) is 16.6 Å². The van der Waals surface area contributed by atoms with E-state index in [2.05, 4.69) is 35.6 Å². The van der Waals surface area contributed by atoms with Crippen LogP contribution in [0.15, 0.2) is 6.20 Å². The van der Waals surface area contributed by atoms with Gasteiger partial charge in [0.2, 0.25) is 0 Å². The molecule has 1 aromatic rings. The highest BCUT2D eigenvalue weighted by atomic mass is 15.1. The molecule has 3 heteroatoms. The Morgan fingerprint density at radius 2 is 2.27 bits per heavy atom. The molecule has 0 amide bonds. The first-order valence-corrected chi connectivity index (χ1v) is 5.84. The van der Waals surface area contributed by atoms with E-state index in [1.165, 1.54) is 18.5 Å². The average Bonchev–Trinajstić information content (AvgIpc) is 2.51. The van der Waals surface area contributed by atoms with E-state index in [0.717, 1.165) is 24.8 Å². The maximum atomic E-state index is 4.37. The van der Waals surface area contributed by atoms with Gasteiger partial charge in [0.25, 0.3) is 0 Å². The maximum Gasteiger partial charge on any atom is 0.105 e. The van der Waals surface area contributed by atoms with Crippen LogP contribution in [0.3, 0.4) is 0 Å².